The molecule has 0 amide bonds. The second kappa shape index (κ2) is 9.36. The highest BCUT2D eigenvalue weighted by molar-refractivity contribution is 5.83. The fourth-order valence-corrected chi connectivity index (χ4v) is 2.51. The Labute approximate surface area is 167 Å². The van der Waals surface area contributed by atoms with E-state index < -0.39 is 5.69 Å². The van der Waals surface area contributed by atoms with Gasteiger partial charge >= 0.3 is 5.69 Å². The molecule has 0 saturated heterocycles. The Bertz CT molecular complexity index is 1030. The van der Waals surface area contributed by atoms with Crippen molar-refractivity contribution in [1.29, 1.82) is 0 Å². The maximum atomic E-state index is 11.3. The van der Waals surface area contributed by atoms with E-state index in [1.54, 1.807) is 39.5 Å². The summed E-state index contributed by atoms with van der Waals surface area (Å²) in [5, 5.41) is 10.2. The van der Waals surface area contributed by atoms with Crippen LogP contribution in [0.15, 0.2) is 52.4 Å². The number of aryl methyl sites for hydroxylation is 1. The topological polar surface area (TPSA) is 111 Å². The van der Waals surface area contributed by atoms with E-state index in [1.165, 1.54) is 0 Å². The molecule has 0 spiro atoms. The number of methoxy groups -OCH3 is 2. The molecule has 0 radical (unpaired) electrons. The Kier molecular flexibility index (Phi) is 6.41. The lowest BCUT2D eigenvalue weighted by Crippen LogP contribution is -2.15. The van der Waals surface area contributed by atoms with Crippen molar-refractivity contribution in [3.05, 3.63) is 69.8 Å². The van der Waals surface area contributed by atoms with Crippen molar-refractivity contribution in [3.63, 3.8) is 0 Å². The van der Waals surface area contributed by atoms with Crippen LogP contribution >= 0.6 is 0 Å². The maximum Gasteiger partial charge on any atom is 0.363 e. The first-order valence-electron chi connectivity index (χ1n) is 8.76. The summed E-state index contributed by atoms with van der Waals surface area (Å²) in [5.41, 5.74) is 4.39. The molecule has 0 unspecified atom stereocenters. The maximum absolute atomic E-state index is 11.3. The number of hydrazone groups is 1. The number of ether oxygens (including phenoxy) is 3. The van der Waals surface area contributed by atoms with Gasteiger partial charge in [0.2, 0.25) is 5.75 Å². The van der Waals surface area contributed by atoms with Crippen LogP contribution in [-0.4, -0.2) is 35.6 Å². The largest absolute Gasteiger partial charge is 0.493 e. The Morgan fingerprint density at radius 3 is 2.48 bits per heavy atom. The normalized spacial score (nSPS) is 10.7. The van der Waals surface area contributed by atoms with Gasteiger partial charge in [-0.25, -0.2) is 9.89 Å². The Morgan fingerprint density at radius 2 is 1.83 bits per heavy atom. The molecular weight excluding hydrogens is 374 g/mol. The third kappa shape index (κ3) is 5.10. The van der Waals surface area contributed by atoms with Gasteiger partial charge in [-0.3, -0.25) is 5.43 Å². The number of aromatic nitrogens is 3. The smallest absolute Gasteiger partial charge is 0.363 e. The Balaban J connectivity index is 1.79. The molecule has 0 atom stereocenters. The highest BCUT2D eigenvalue weighted by Gasteiger charge is 2.14. The van der Waals surface area contributed by atoms with Crippen molar-refractivity contribution in [2.45, 2.75) is 13.5 Å². The number of benzene rings is 2. The summed E-state index contributed by atoms with van der Waals surface area (Å²) >= 11 is 0. The van der Waals surface area contributed by atoms with E-state index in [0.717, 1.165) is 5.56 Å². The van der Waals surface area contributed by atoms with Crippen molar-refractivity contribution in [1.82, 2.24) is 15.2 Å². The predicted octanol–water partition coefficient (Wildman–Crippen LogP) is 2.52. The molecule has 0 aliphatic rings. The number of aromatic amines is 1. The van der Waals surface area contributed by atoms with E-state index in [9.17, 15) is 4.79 Å². The van der Waals surface area contributed by atoms with Gasteiger partial charge in [0.15, 0.2) is 17.3 Å². The summed E-state index contributed by atoms with van der Waals surface area (Å²) in [6.45, 7) is 2.08. The third-order valence-corrected chi connectivity index (χ3v) is 3.97. The average molecular weight is 395 g/mol. The average Bonchev–Trinajstić information content (AvgIpc) is 2.75. The van der Waals surface area contributed by atoms with Crippen LogP contribution in [0.2, 0.25) is 0 Å². The van der Waals surface area contributed by atoms with Crippen LogP contribution in [0.4, 0.5) is 5.82 Å². The summed E-state index contributed by atoms with van der Waals surface area (Å²) in [5.74, 6) is 1.79. The highest BCUT2D eigenvalue weighted by atomic mass is 16.5. The molecule has 2 aromatic carbocycles. The lowest BCUT2D eigenvalue weighted by molar-refractivity contribution is 0.266. The Morgan fingerprint density at radius 1 is 1.14 bits per heavy atom. The van der Waals surface area contributed by atoms with Crippen LogP contribution in [-0.2, 0) is 6.61 Å². The van der Waals surface area contributed by atoms with E-state index in [2.05, 4.69) is 25.7 Å². The summed E-state index contributed by atoms with van der Waals surface area (Å²) < 4.78 is 16.9. The van der Waals surface area contributed by atoms with Gasteiger partial charge in [0.25, 0.3) is 0 Å². The number of hydrogen-bond donors (Lipinski definition) is 2. The number of hydrogen-bond acceptors (Lipinski definition) is 8. The molecule has 1 heterocycles. The van der Waals surface area contributed by atoms with Gasteiger partial charge in [-0.1, -0.05) is 30.3 Å². The zero-order valence-corrected chi connectivity index (χ0v) is 16.3. The van der Waals surface area contributed by atoms with Gasteiger partial charge in [0.1, 0.15) is 12.3 Å². The summed E-state index contributed by atoms with van der Waals surface area (Å²) in [7, 11) is 3.11. The number of nitrogens with one attached hydrogen (secondary N) is 2. The molecule has 0 aliphatic carbocycles. The molecule has 29 heavy (non-hydrogen) atoms. The first-order valence-corrected chi connectivity index (χ1v) is 8.76. The van der Waals surface area contributed by atoms with Gasteiger partial charge in [-0.05, 0) is 24.6 Å². The third-order valence-electron chi connectivity index (χ3n) is 3.97. The molecule has 0 saturated carbocycles. The monoisotopic (exact) mass is 395 g/mol. The summed E-state index contributed by atoms with van der Waals surface area (Å²) in [6, 6.07) is 13.3. The fraction of sp³-hybridized carbons (Fsp3) is 0.200. The molecule has 1 aromatic heterocycles. The zero-order valence-electron chi connectivity index (χ0n) is 16.3. The molecule has 0 fully saturated rings. The van der Waals surface area contributed by atoms with Gasteiger partial charge in [0, 0.05) is 5.56 Å². The molecule has 2 N–H and O–H groups in total. The lowest BCUT2D eigenvalue weighted by atomic mass is 10.2. The number of H-pyrrole nitrogens is 1. The molecule has 3 rings (SSSR count). The van der Waals surface area contributed by atoms with Crippen LogP contribution in [0.1, 0.15) is 16.8 Å². The number of anilines is 1. The first-order chi connectivity index (χ1) is 14.1. The molecule has 9 heteroatoms. The zero-order chi connectivity index (χ0) is 20.6. The van der Waals surface area contributed by atoms with E-state index in [0.29, 0.717) is 35.1 Å². The molecule has 150 valence electrons. The summed E-state index contributed by atoms with van der Waals surface area (Å²) in [4.78, 5) is 15.0. The second-order valence-corrected chi connectivity index (χ2v) is 5.97. The minimum absolute atomic E-state index is 0.270. The van der Waals surface area contributed by atoms with Crippen LogP contribution in [0.5, 0.6) is 17.2 Å². The molecule has 9 nitrogen and oxygen atoms in total. The van der Waals surface area contributed by atoms with Crippen molar-refractivity contribution >= 4 is 12.0 Å². The SMILES string of the molecule is COc1cc(/C=N/Nc2nc(=O)[nH]nc2C)cc(OC)c1OCc1ccccc1. The van der Waals surface area contributed by atoms with Crippen LogP contribution in [0, 0.1) is 6.92 Å². The van der Waals surface area contributed by atoms with Crippen molar-refractivity contribution in [2.75, 3.05) is 19.6 Å². The Hall–Kier alpha value is -3.88. The van der Waals surface area contributed by atoms with Gasteiger partial charge in [-0.2, -0.15) is 15.2 Å². The molecular formula is C20H21N5O4. The quantitative estimate of drug-likeness (QED) is 0.445. The second-order valence-electron chi connectivity index (χ2n) is 5.97. The van der Waals surface area contributed by atoms with Crippen molar-refractivity contribution in [3.8, 4) is 17.2 Å². The van der Waals surface area contributed by atoms with Crippen LogP contribution in [0.25, 0.3) is 0 Å². The van der Waals surface area contributed by atoms with E-state index >= 15 is 0 Å². The fourth-order valence-electron chi connectivity index (χ4n) is 2.51. The summed E-state index contributed by atoms with van der Waals surface area (Å²) in [6.07, 6.45) is 1.55. The van der Waals surface area contributed by atoms with E-state index in [4.69, 9.17) is 14.2 Å². The van der Waals surface area contributed by atoms with Crippen molar-refractivity contribution in [2.24, 2.45) is 5.10 Å². The van der Waals surface area contributed by atoms with Crippen molar-refractivity contribution < 1.29 is 14.2 Å². The van der Waals surface area contributed by atoms with Crippen LogP contribution < -0.4 is 25.3 Å². The predicted molar refractivity (Wildman–Crippen MR) is 109 cm³/mol. The number of rotatable bonds is 8. The number of nitrogens with zero attached hydrogens (tertiary/aromatic N) is 3. The van der Waals surface area contributed by atoms with E-state index in [1.807, 2.05) is 30.3 Å². The lowest BCUT2D eigenvalue weighted by Gasteiger charge is -2.15. The standard InChI is InChI=1S/C20H21N5O4/c1-13-19(22-20(26)25-23-13)24-21-11-15-9-16(27-2)18(17(10-15)28-3)29-12-14-7-5-4-6-8-14/h4-11H,12H2,1-3H3,(H2,22,24,25,26)/b21-11+. The molecule has 3 aromatic rings. The molecule has 0 aliphatic heterocycles. The van der Waals surface area contributed by atoms with Gasteiger partial charge in [-0.15, -0.1) is 0 Å². The highest BCUT2D eigenvalue weighted by Crippen LogP contribution is 2.38. The van der Waals surface area contributed by atoms with Gasteiger partial charge < -0.3 is 14.2 Å². The molecule has 0 bridgehead atoms. The minimum Gasteiger partial charge on any atom is -0.493 e. The minimum atomic E-state index is -0.559. The first kappa shape index (κ1) is 19.9. The van der Waals surface area contributed by atoms with E-state index in [-0.39, 0.29) is 5.82 Å². The van der Waals surface area contributed by atoms with Crippen LogP contribution in [0.3, 0.4) is 0 Å². The van der Waals surface area contributed by atoms with Gasteiger partial charge in [0.05, 0.1) is 20.4 Å².